The summed E-state index contributed by atoms with van der Waals surface area (Å²) in [5, 5.41) is 0. The zero-order valence-corrected chi connectivity index (χ0v) is 10.4. The molecule has 1 saturated carbocycles. The molecule has 0 bridgehead atoms. The van der Waals surface area contributed by atoms with Crippen LogP contribution >= 0.6 is 25.0 Å². The van der Waals surface area contributed by atoms with Crippen molar-refractivity contribution in [2.75, 3.05) is 6.61 Å². The topological polar surface area (TPSA) is 18.5 Å². The first-order chi connectivity index (χ1) is 6.05. The second-order valence-electron chi connectivity index (χ2n) is 4.41. The highest BCUT2D eigenvalue weighted by Gasteiger charge is 2.47. The zero-order chi connectivity index (χ0) is 9.53. The van der Waals surface area contributed by atoms with Crippen molar-refractivity contribution in [1.29, 1.82) is 0 Å². The van der Waals surface area contributed by atoms with Gasteiger partial charge in [-0.3, -0.25) is 0 Å². The summed E-state index contributed by atoms with van der Waals surface area (Å²) < 4.78 is 11.7. The molecule has 1 aliphatic heterocycles. The van der Waals surface area contributed by atoms with Crippen molar-refractivity contribution in [2.24, 2.45) is 0 Å². The van der Waals surface area contributed by atoms with Gasteiger partial charge in [-0.05, 0) is 47.9 Å². The summed E-state index contributed by atoms with van der Waals surface area (Å²) in [6.07, 6.45) is 4.03. The molecule has 0 aromatic heterocycles. The fourth-order valence-electron chi connectivity index (χ4n) is 1.73. The molecule has 2 rings (SSSR count). The summed E-state index contributed by atoms with van der Waals surface area (Å²) in [7, 11) is 1.80. The molecule has 0 aromatic rings. The average Bonchev–Trinajstić information content (AvgIpc) is 2.74. The summed E-state index contributed by atoms with van der Waals surface area (Å²) in [6, 6.07) is 0. The molecule has 0 radical (unpaired) electrons. The second kappa shape index (κ2) is 3.40. The largest absolute Gasteiger partial charge is 0.348 e. The van der Waals surface area contributed by atoms with Gasteiger partial charge in [-0.15, -0.1) is 0 Å². The van der Waals surface area contributed by atoms with Crippen LogP contribution in [-0.2, 0) is 9.47 Å². The summed E-state index contributed by atoms with van der Waals surface area (Å²) in [5.74, 6) is -0.363. The van der Waals surface area contributed by atoms with E-state index >= 15 is 0 Å². The molecule has 1 atom stereocenters. The van der Waals surface area contributed by atoms with Crippen molar-refractivity contribution >= 4 is 25.0 Å². The maximum absolute atomic E-state index is 5.77. The van der Waals surface area contributed by atoms with Gasteiger partial charge in [-0.2, -0.15) is 0 Å². The number of rotatable bonds is 3. The highest BCUT2D eigenvalue weighted by Crippen LogP contribution is 2.55. The van der Waals surface area contributed by atoms with Crippen LogP contribution in [0.4, 0.5) is 0 Å². The van der Waals surface area contributed by atoms with Crippen molar-refractivity contribution in [3.8, 4) is 0 Å². The normalized spacial score (nSPS) is 34.8. The van der Waals surface area contributed by atoms with Gasteiger partial charge in [-0.1, -0.05) is 10.2 Å². The third kappa shape index (κ3) is 2.41. The van der Waals surface area contributed by atoms with Crippen LogP contribution in [0.3, 0.4) is 0 Å². The molecule has 76 valence electrons. The maximum Gasteiger partial charge on any atom is 0.163 e. The third-order valence-corrected chi connectivity index (χ3v) is 5.60. The van der Waals surface area contributed by atoms with Gasteiger partial charge in [0.2, 0.25) is 0 Å². The summed E-state index contributed by atoms with van der Waals surface area (Å²) in [5.41, 5.74) is 0. The van der Waals surface area contributed by atoms with E-state index in [9.17, 15) is 0 Å². The minimum absolute atomic E-state index is 0.294. The first-order valence-electron chi connectivity index (χ1n) is 4.67. The van der Waals surface area contributed by atoms with Crippen LogP contribution < -0.4 is 0 Å². The van der Waals surface area contributed by atoms with Gasteiger partial charge in [-0.25, -0.2) is 0 Å². The minimum atomic E-state index is -0.363. The van der Waals surface area contributed by atoms with Crippen molar-refractivity contribution in [3.05, 3.63) is 0 Å². The van der Waals surface area contributed by atoms with E-state index in [2.05, 4.69) is 14.8 Å². The molecule has 1 heterocycles. The van der Waals surface area contributed by atoms with Crippen molar-refractivity contribution in [1.82, 2.24) is 0 Å². The molecule has 2 aliphatic rings. The molecule has 0 amide bonds. The van der Waals surface area contributed by atoms with Crippen LogP contribution in [0.25, 0.3) is 0 Å². The highest BCUT2D eigenvalue weighted by molar-refractivity contribution is 9.50. The Morgan fingerprint density at radius 1 is 1.46 bits per heavy atom. The second-order valence-corrected chi connectivity index (χ2v) is 6.41. The Hall–Kier alpha value is 0.750. The van der Waals surface area contributed by atoms with E-state index in [0.29, 0.717) is 10.9 Å². The molecular weight excluding hydrogens is 252 g/mol. The molecule has 0 spiro atoms. The molecule has 1 unspecified atom stereocenters. The van der Waals surface area contributed by atoms with Gasteiger partial charge >= 0.3 is 0 Å². The molecule has 1 saturated heterocycles. The van der Waals surface area contributed by atoms with Crippen LogP contribution in [0.15, 0.2) is 0 Å². The van der Waals surface area contributed by atoms with E-state index in [1.165, 1.54) is 12.8 Å². The molecular formula is C9H15BrO2S. The van der Waals surface area contributed by atoms with E-state index in [4.69, 9.17) is 9.47 Å². The molecule has 0 N–H and O–H groups in total. The Morgan fingerprint density at radius 3 is 2.54 bits per heavy atom. The van der Waals surface area contributed by atoms with E-state index in [-0.39, 0.29) is 5.79 Å². The number of halogens is 1. The lowest BCUT2D eigenvalue weighted by atomic mass is 10.2. The molecule has 4 heteroatoms. The molecule has 13 heavy (non-hydrogen) atoms. The van der Waals surface area contributed by atoms with E-state index < -0.39 is 0 Å². The first kappa shape index (κ1) is 10.3. The third-order valence-electron chi connectivity index (χ3n) is 2.64. The zero-order valence-electron chi connectivity index (χ0n) is 8.01. The predicted molar refractivity (Wildman–Crippen MR) is 58.0 cm³/mol. The standard InChI is InChI=1S/C9H15BrO2S/c1-8(2)11-6-7(12-8)5-9(13-10)3-4-9/h7H,3-6H2,1-2H3. The fourth-order valence-corrected chi connectivity index (χ4v) is 3.60. The van der Waals surface area contributed by atoms with E-state index in [1.807, 2.05) is 13.8 Å². The van der Waals surface area contributed by atoms with Crippen molar-refractivity contribution in [3.63, 3.8) is 0 Å². The van der Waals surface area contributed by atoms with Crippen LogP contribution in [-0.4, -0.2) is 23.2 Å². The number of hydrogen-bond donors (Lipinski definition) is 0. The first-order valence-corrected chi connectivity index (χ1v) is 7.33. The van der Waals surface area contributed by atoms with Crippen LogP contribution in [0.1, 0.15) is 33.1 Å². The molecule has 1 aliphatic carbocycles. The smallest absolute Gasteiger partial charge is 0.163 e. The lowest BCUT2D eigenvalue weighted by Gasteiger charge is -2.19. The quantitative estimate of drug-likeness (QED) is 0.782. The minimum Gasteiger partial charge on any atom is -0.348 e. The summed E-state index contributed by atoms with van der Waals surface area (Å²) in [4.78, 5) is 0. The number of ether oxygens (including phenoxy) is 2. The lowest BCUT2D eigenvalue weighted by Crippen LogP contribution is -2.23. The van der Waals surface area contributed by atoms with Gasteiger partial charge in [0.15, 0.2) is 5.79 Å². The Morgan fingerprint density at radius 2 is 2.15 bits per heavy atom. The van der Waals surface area contributed by atoms with Gasteiger partial charge < -0.3 is 9.47 Å². The summed E-state index contributed by atoms with van der Waals surface area (Å²) >= 11 is 3.49. The Labute approximate surface area is 90.9 Å². The van der Waals surface area contributed by atoms with Gasteiger partial charge in [0, 0.05) is 4.75 Å². The predicted octanol–water partition coefficient (Wildman–Crippen LogP) is 3.10. The fraction of sp³-hybridized carbons (Fsp3) is 1.00. The number of hydrogen-bond acceptors (Lipinski definition) is 3. The molecule has 2 nitrogen and oxygen atoms in total. The van der Waals surface area contributed by atoms with Gasteiger partial charge in [0.1, 0.15) is 0 Å². The molecule has 2 fully saturated rings. The van der Waals surface area contributed by atoms with Crippen molar-refractivity contribution < 1.29 is 9.47 Å². The Kier molecular flexibility index (Phi) is 2.69. The van der Waals surface area contributed by atoms with E-state index in [1.54, 1.807) is 10.2 Å². The van der Waals surface area contributed by atoms with Crippen molar-refractivity contribution in [2.45, 2.75) is 49.7 Å². The maximum atomic E-state index is 5.77. The Bertz CT molecular complexity index is 204. The SMILES string of the molecule is CC1(C)OCC(CC2(SBr)CC2)O1. The Balaban J connectivity index is 1.84. The van der Waals surface area contributed by atoms with Gasteiger partial charge in [0.05, 0.1) is 12.7 Å². The summed E-state index contributed by atoms with van der Waals surface area (Å²) in [6.45, 7) is 4.71. The highest BCUT2D eigenvalue weighted by atomic mass is 79.9. The van der Waals surface area contributed by atoms with E-state index in [0.717, 1.165) is 13.0 Å². The monoisotopic (exact) mass is 266 g/mol. The average molecular weight is 267 g/mol. The van der Waals surface area contributed by atoms with Crippen LogP contribution in [0, 0.1) is 0 Å². The lowest BCUT2D eigenvalue weighted by molar-refractivity contribution is -0.139. The van der Waals surface area contributed by atoms with Crippen LogP contribution in [0.5, 0.6) is 0 Å². The van der Waals surface area contributed by atoms with Crippen LogP contribution in [0.2, 0.25) is 0 Å². The molecule has 0 aromatic carbocycles. The van der Waals surface area contributed by atoms with Gasteiger partial charge in [0.25, 0.3) is 0 Å².